The Bertz CT molecular complexity index is 428. The van der Waals surface area contributed by atoms with Gasteiger partial charge in [-0.25, -0.2) is 0 Å². The molecule has 3 unspecified atom stereocenters. The molecule has 1 aromatic rings. The molecule has 3 nitrogen and oxygen atoms in total. The van der Waals surface area contributed by atoms with Crippen LogP contribution in [0.25, 0.3) is 0 Å². The summed E-state index contributed by atoms with van der Waals surface area (Å²) in [4.78, 5) is 2.52. The Labute approximate surface area is 123 Å². The number of benzene rings is 1. The molecule has 1 aromatic carbocycles. The summed E-state index contributed by atoms with van der Waals surface area (Å²) in [6.07, 6.45) is 4.41. The summed E-state index contributed by atoms with van der Waals surface area (Å²) in [7, 11) is 0. The molecule has 0 saturated carbocycles. The van der Waals surface area contributed by atoms with Gasteiger partial charge in [0.25, 0.3) is 0 Å². The molecule has 0 spiro atoms. The Balaban J connectivity index is 1.53. The molecule has 4 heteroatoms. The maximum absolute atomic E-state index is 6.31. The summed E-state index contributed by atoms with van der Waals surface area (Å²) in [5.41, 5.74) is 7.52. The molecule has 2 fully saturated rings. The highest BCUT2D eigenvalue weighted by Crippen LogP contribution is 2.28. The van der Waals surface area contributed by atoms with E-state index in [1.54, 1.807) is 0 Å². The molecule has 2 bridgehead atoms. The van der Waals surface area contributed by atoms with Crippen molar-refractivity contribution in [2.75, 3.05) is 19.6 Å². The summed E-state index contributed by atoms with van der Waals surface area (Å²) in [5.74, 6) is 0. The van der Waals surface area contributed by atoms with Gasteiger partial charge < -0.3 is 10.5 Å². The number of ether oxygens (including phenoxy) is 1. The molecule has 2 saturated heterocycles. The van der Waals surface area contributed by atoms with Gasteiger partial charge in [-0.05, 0) is 30.9 Å². The number of morpholine rings is 1. The van der Waals surface area contributed by atoms with Gasteiger partial charge in [0.1, 0.15) is 0 Å². The standard InChI is InChI=1S/C15H21BrN2O/c16-14-4-2-1-3-13(14)15(17)7-8-18-9-11-5-6-12(10-18)19-11/h1-4,11-12,15H,5-10,17H2. The molecule has 2 heterocycles. The Hall–Kier alpha value is -0.420. The zero-order valence-corrected chi connectivity index (χ0v) is 12.7. The molecule has 0 aromatic heterocycles. The van der Waals surface area contributed by atoms with Crippen LogP contribution in [0.2, 0.25) is 0 Å². The van der Waals surface area contributed by atoms with Crippen molar-refractivity contribution in [3.05, 3.63) is 34.3 Å². The molecule has 104 valence electrons. The SMILES string of the molecule is NC(CCN1CC2CCC(C1)O2)c1ccccc1Br. The number of hydrogen-bond donors (Lipinski definition) is 1. The van der Waals surface area contributed by atoms with Crippen LogP contribution in [0.1, 0.15) is 30.9 Å². The minimum Gasteiger partial charge on any atom is -0.372 e. The van der Waals surface area contributed by atoms with E-state index in [1.807, 2.05) is 6.07 Å². The van der Waals surface area contributed by atoms with Gasteiger partial charge in [-0.15, -0.1) is 0 Å². The van der Waals surface area contributed by atoms with Crippen molar-refractivity contribution in [3.63, 3.8) is 0 Å². The van der Waals surface area contributed by atoms with Gasteiger partial charge in [-0.2, -0.15) is 0 Å². The summed E-state index contributed by atoms with van der Waals surface area (Å²) in [5, 5.41) is 0. The van der Waals surface area contributed by atoms with Gasteiger partial charge in [0.15, 0.2) is 0 Å². The lowest BCUT2D eigenvalue weighted by Crippen LogP contribution is -2.43. The van der Waals surface area contributed by atoms with Crippen LogP contribution in [0, 0.1) is 0 Å². The van der Waals surface area contributed by atoms with Crippen molar-refractivity contribution >= 4 is 15.9 Å². The maximum atomic E-state index is 6.31. The van der Waals surface area contributed by atoms with Crippen LogP contribution in [-0.4, -0.2) is 36.7 Å². The number of halogens is 1. The van der Waals surface area contributed by atoms with Gasteiger partial charge in [0.05, 0.1) is 12.2 Å². The van der Waals surface area contributed by atoms with Crippen LogP contribution in [0.15, 0.2) is 28.7 Å². The molecule has 3 atom stereocenters. The van der Waals surface area contributed by atoms with Gasteiger partial charge in [0, 0.05) is 30.1 Å². The van der Waals surface area contributed by atoms with Crippen molar-refractivity contribution in [2.24, 2.45) is 5.73 Å². The molecule has 2 N–H and O–H groups in total. The zero-order chi connectivity index (χ0) is 13.2. The number of hydrogen-bond acceptors (Lipinski definition) is 3. The highest BCUT2D eigenvalue weighted by atomic mass is 79.9. The third-order valence-electron chi connectivity index (χ3n) is 4.18. The zero-order valence-electron chi connectivity index (χ0n) is 11.1. The molecular formula is C15H21BrN2O. The Morgan fingerprint density at radius 2 is 1.95 bits per heavy atom. The molecule has 19 heavy (non-hydrogen) atoms. The van der Waals surface area contributed by atoms with Gasteiger partial charge >= 0.3 is 0 Å². The lowest BCUT2D eigenvalue weighted by atomic mass is 10.0. The molecule has 3 rings (SSSR count). The topological polar surface area (TPSA) is 38.5 Å². The highest BCUT2D eigenvalue weighted by molar-refractivity contribution is 9.10. The first kappa shape index (κ1) is 13.6. The predicted molar refractivity (Wildman–Crippen MR) is 80.0 cm³/mol. The molecule has 0 radical (unpaired) electrons. The number of nitrogens with two attached hydrogens (primary N) is 1. The van der Waals surface area contributed by atoms with Gasteiger partial charge in [-0.1, -0.05) is 34.1 Å². The van der Waals surface area contributed by atoms with E-state index >= 15 is 0 Å². The van der Waals surface area contributed by atoms with Gasteiger partial charge in [0.2, 0.25) is 0 Å². The summed E-state index contributed by atoms with van der Waals surface area (Å²) in [6, 6.07) is 8.35. The molecule has 0 aliphatic carbocycles. The van der Waals surface area contributed by atoms with Crippen LogP contribution in [0.4, 0.5) is 0 Å². The van der Waals surface area contributed by atoms with E-state index in [2.05, 4.69) is 39.0 Å². The number of likely N-dealkylation sites (tertiary alicyclic amines) is 1. The molecule has 2 aliphatic rings. The van der Waals surface area contributed by atoms with Crippen molar-refractivity contribution in [3.8, 4) is 0 Å². The largest absolute Gasteiger partial charge is 0.372 e. The van der Waals surface area contributed by atoms with Crippen LogP contribution < -0.4 is 5.73 Å². The summed E-state index contributed by atoms with van der Waals surface area (Å²) < 4.78 is 6.97. The highest BCUT2D eigenvalue weighted by Gasteiger charge is 2.33. The fourth-order valence-corrected chi connectivity index (χ4v) is 3.71. The van der Waals surface area contributed by atoms with E-state index in [4.69, 9.17) is 10.5 Å². The molecular weight excluding hydrogens is 304 g/mol. The number of rotatable bonds is 4. The van der Waals surface area contributed by atoms with E-state index in [0.717, 1.165) is 30.5 Å². The summed E-state index contributed by atoms with van der Waals surface area (Å²) in [6.45, 7) is 3.23. The van der Waals surface area contributed by atoms with E-state index in [-0.39, 0.29) is 6.04 Å². The van der Waals surface area contributed by atoms with Crippen LogP contribution >= 0.6 is 15.9 Å². The Morgan fingerprint density at radius 1 is 1.26 bits per heavy atom. The minimum absolute atomic E-state index is 0.107. The second kappa shape index (κ2) is 5.92. The van der Waals surface area contributed by atoms with Gasteiger partial charge in [-0.3, -0.25) is 4.90 Å². The summed E-state index contributed by atoms with van der Waals surface area (Å²) >= 11 is 3.58. The van der Waals surface area contributed by atoms with Crippen LogP contribution in [0.5, 0.6) is 0 Å². The first-order valence-electron chi connectivity index (χ1n) is 7.10. The van der Waals surface area contributed by atoms with E-state index < -0.39 is 0 Å². The Kier molecular flexibility index (Phi) is 4.22. The van der Waals surface area contributed by atoms with Crippen molar-refractivity contribution < 1.29 is 4.74 Å². The van der Waals surface area contributed by atoms with Crippen molar-refractivity contribution in [1.29, 1.82) is 0 Å². The fraction of sp³-hybridized carbons (Fsp3) is 0.600. The molecule has 0 amide bonds. The number of fused-ring (bicyclic) bond motifs is 2. The lowest BCUT2D eigenvalue weighted by molar-refractivity contribution is -0.0388. The maximum Gasteiger partial charge on any atom is 0.0707 e. The average Bonchev–Trinajstić information content (AvgIpc) is 2.76. The normalized spacial score (nSPS) is 28.5. The second-order valence-electron chi connectivity index (χ2n) is 5.63. The fourth-order valence-electron chi connectivity index (χ4n) is 3.13. The third-order valence-corrected chi connectivity index (χ3v) is 4.90. The van der Waals surface area contributed by atoms with Crippen molar-refractivity contribution in [2.45, 2.75) is 37.5 Å². The van der Waals surface area contributed by atoms with Crippen molar-refractivity contribution in [1.82, 2.24) is 4.90 Å². The predicted octanol–water partition coefficient (Wildman–Crippen LogP) is 2.70. The first-order valence-corrected chi connectivity index (χ1v) is 7.89. The van der Waals surface area contributed by atoms with E-state index in [1.165, 1.54) is 18.4 Å². The Morgan fingerprint density at radius 3 is 2.63 bits per heavy atom. The number of nitrogens with zero attached hydrogens (tertiary/aromatic N) is 1. The second-order valence-corrected chi connectivity index (χ2v) is 6.49. The monoisotopic (exact) mass is 324 g/mol. The molecule has 2 aliphatic heterocycles. The third kappa shape index (κ3) is 3.19. The minimum atomic E-state index is 0.107. The lowest BCUT2D eigenvalue weighted by Gasteiger charge is -2.32. The van der Waals surface area contributed by atoms with Crippen LogP contribution in [0.3, 0.4) is 0 Å². The average molecular weight is 325 g/mol. The van der Waals surface area contributed by atoms with E-state index in [9.17, 15) is 0 Å². The smallest absolute Gasteiger partial charge is 0.0707 e. The van der Waals surface area contributed by atoms with Crippen LogP contribution in [-0.2, 0) is 4.74 Å². The quantitative estimate of drug-likeness (QED) is 0.925. The first-order chi connectivity index (χ1) is 9.22. The van der Waals surface area contributed by atoms with E-state index in [0.29, 0.717) is 12.2 Å².